The predicted octanol–water partition coefficient (Wildman–Crippen LogP) is 2.44. The summed E-state index contributed by atoms with van der Waals surface area (Å²) in [5, 5.41) is 3.86. The molecule has 2 saturated carbocycles. The number of nitrogens with one attached hydrogen (secondary N) is 1. The van der Waals surface area contributed by atoms with Crippen LogP contribution < -0.4 is 11.1 Å². The van der Waals surface area contributed by atoms with Crippen molar-refractivity contribution in [3.8, 4) is 0 Å². The van der Waals surface area contributed by atoms with Gasteiger partial charge in [0.05, 0.1) is 0 Å². The van der Waals surface area contributed by atoms with E-state index in [9.17, 15) is 4.79 Å². The lowest BCUT2D eigenvalue weighted by molar-refractivity contribution is -0.122. The summed E-state index contributed by atoms with van der Waals surface area (Å²) >= 11 is 0. The average Bonchev–Trinajstić information content (AvgIpc) is 2.34. The van der Waals surface area contributed by atoms with E-state index < -0.39 is 0 Å². The van der Waals surface area contributed by atoms with E-state index in [1.807, 2.05) is 0 Å². The molecule has 0 spiro atoms. The van der Waals surface area contributed by atoms with Crippen LogP contribution in [0.4, 0.5) is 0 Å². The molecule has 2 atom stereocenters. The van der Waals surface area contributed by atoms with Gasteiger partial charge in [-0.25, -0.2) is 0 Å². The van der Waals surface area contributed by atoms with Crippen molar-refractivity contribution in [2.75, 3.05) is 0 Å². The maximum atomic E-state index is 11.2. The van der Waals surface area contributed by atoms with Crippen LogP contribution in [-0.2, 0) is 4.79 Å². The lowest BCUT2D eigenvalue weighted by atomic mass is 9.77. The van der Waals surface area contributed by atoms with Crippen LogP contribution >= 0.6 is 0 Å². The number of nitrogens with two attached hydrogens (primary N) is 1. The van der Waals surface area contributed by atoms with Gasteiger partial charge in [-0.1, -0.05) is 20.3 Å². The molecule has 2 aliphatic rings. The summed E-state index contributed by atoms with van der Waals surface area (Å²) in [5.74, 6) is 1.61. The van der Waals surface area contributed by atoms with Crippen molar-refractivity contribution in [1.82, 2.24) is 5.32 Å². The standard InChI is InChI=1S/C15H28N2O/c1-10-4-3-5-11(2)14(10)17-13-8-6-12(7-9-13)15(16)18/h10-14,17H,3-9H2,1-2H3,(H2,16,18). The Bertz CT molecular complexity index is 274. The number of amides is 1. The molecule has 0 aromatic rings. The highest BCUT2D eigenvalue weighted by molar-refractivity contribution is 5.76. The number of carbonyl (C=O) groups excluding carboxylic acids is 1. The minimum absolute atomic E-state index is 0.104. The van der Waals surface area contributed by atoms with Crippen LogP contribution in [0.15, 0.2) is 0 Å². The normalized spacial score (nSPS) is 41.6. The van der Waals surface area contributed by atoms with E-state index in [1.54, 1.807) is 0 Å². The van der Waals surface area contributed by atoms with Gasteiger partial charge in [0.1, 0.15) is 0 Å². The third-order valence-electron chi connectivity index (χ3n) is 5.10. The number of carbonyl (C=O) groups is 1. The molecule has 0 aromatic heterocycles. The Morgan fingerprint density at radius 1 is 1.00 bits per heavy atom. The summed E-state index contributed by atoms with van der Waals surface area (Å²) in [6.45, 7) is 4.75. The summed E-state index contributed by atoms with van der Waals surface area (Å²) in [5.41, 5.74) is 5.38. The molecule has 0 aromatic carbocycles. The molecule has 3 heteroatoms. The fourth-order valence-electron chi connectivity index (χ4n) is 3.83. The van der Waals surface area contributed by atoms with Crippen LogP contribution in [0.2, 0.25) is 0 Å². The number of hydrogen-bond acceptors (Lipinski definition) is 2. The van der Waals surface area contributed by atoms with Gasteiger partial charge in [-0.05, 0) is 50.4 Å². The molecule has 2 fully saturated rings. The Morgan fingerprint density at radius 3 is 2.06 bits per heavy atom. The summed E-state index contributed by atoms with van der Waals surface area (Å²) < 4.78 is 0. The van der Waals surface area contributed by atoms with E-state index in [2.05, 4.69) is 19.2 Å². The molecule has 18 heavy (non-hydrogen) atoms. The first kappa shape index (κ1) is 13.9. The zero-order chi connectivity index (χ0) is 13.1. The Balaban J connectivity index is 1.81. The van der Waals surface area contributed by atoms with Crippen LogP contribution in [0.25, 0.3) is 0 Å². The second-order valence-corrected chi connectivity index (χ2v) is 6.53. The summed E-state index contributed by atoms with van der Waals surface area (Å²) in [7, 11) is 0. The molecule has 104 valence electrons. The third-order valence-corrected chi connectivity index (χ3v) is 5.10. The van der Waals surface area contributed by atoms with Gasteiger partial charge >= 0.3 is 0 Å². The van der Waals surface area contributed by atoms with Crippen LogP contribution in [-0.4, -0.2) is 18.0 Å². The van der Waals surface area contributed by atoms with E-state index in [1.165, 1.54) is 19.3 Å². The predicted molar refractivity (Wildman–Crippen MR) is 74.0 cm³/mol. The molecule has 2 rings (SSSR count). The van der Waals surface area contributed by atoms with Crippen LogP contribution in [0.3, 0.4) is 0 Å². The average molecular weight is 252 g/mol. The van der Waals surface area contributed by atoms with Crippen LogP contribution in [0.5, 0.6) is 0 Å². The second-order valence-electron chi connectivity index (χ2n) is 6.53. The van der Waals surface area contributed by atoms with Crippen LogP contribution in [0, 0.1) is 17.8 Å². The number of rotatable bonds is 3. The first-order chi connectivity index (χ1) is 8.58. The molecule has 3 N–H and O–H groups in total. The first-order valence-electron chi connectivity index (χ1n) is 7.63. The topological polar surface area (TPSA) is 55.1 Å². The Kier molecular flexibility index (Phi) is 4.66. The molecule has 0 heterocycles. The zero-order valence-corrected chi connectivity index (χ0v) is 11.8. The zero-order valence-electron chi connectivity index (χ0n) is 11.8. The van der Waals surface area contributed by atoms with Crippen molar-refractivity contribution in [3.63, 3.8) is 0 Å². The Hall–Kier alpha value is -0.570. The molecule has 1 amide bonds. The lowest BCUT2D eigenvalue weighted by Gasteiger charge is -2.39. The number of hydrogen-bond donors (Lipinski definition) is 2. The Labute approximate surface area is 111 Å². The van der Waals surface area contributed by atoms with E-state index in [0.29, 0.717) is 12.1 Å². The fourth-order valence-corrected chi connectivity index (χ4v) is 3.83. The van der Waals surface area contributed by atoms with Crippen molar-refractivity contribution in [2.45, 2.75) is 70.9 Å². The Morgan fingerprint density at radius 2 is 1.56 bits per heavy atom. The minimum atomic E-state index is -0.104. The van der Waals surface area contributed by atoms with Gasteiger partial charge in [0.25, 0.3) is 0 Å². The summed E-state index contributed by atoms with van der Waals surface area (Å²) in [4.78, 5) is 11.2. The molecular formula is C15H28N2O. The smallest absolute Gasteiger partial charge is 0.220 e. The molecule has 3 nitrogen and oxygen atoms in total. The van der Waals surface area contributed by atoms with E-state index in [0.717, 1.165) is 37.5 Å². The van der Waals surface area contributed by atoms with E-state index in [4.69, 9.17) is 5.73 Å². The molecule has 0 radical (unpaired) electrons. The number of primary amides is 1. The van der Waals surface area contributed by atoms with Crippen molar-refractivity contribution >= 4 is 5.91 Å². The molecule has 2 unspecified atom stereocenters. The van der Waals surface area contributed by atoms with Gasteiger partial charge in [-0.15, -0.1) is 0 Å². The summed E-state index contributed by atoms with van der Waals surface area (Å²) in [6, 6.07) is 1.28. The van der Waals surface area contributed by atoms with Crippen LogP contribution in [0.1, 0.15) is 58.8 Å². The molecule has 0 bridgehead atoms. The molecular weight excluding hydrogens is 224 g/mol. The SMILES string of the molecule is CC1CCCC(C)C1NC1CCC(C(N)=O)CC1. The van der Waals surface area contributed by atoms with Gasteiger partial charge in [0.2, 0.25) is 5.91 Å². The van der Waals surface area contributed by atoms with Gasteiger partial charge in [-0.3, -0.25) is 4.79 Å². The highest BCUT2D eigenvalue weighted by Crippen LogP contribution is 2.31. The fraction of sp³-hybridized carbons (Fsp3) is 0.933. The monoisotopic (exact) mass is 252 g/mol. The largest absolute Gasteiger partial charge is 0.369 e. The highest BCUT2D eigenvalue weighted by Gasteiger charge is 2.31. The van der Waals surface area contributed by atoms with Gasteiger partial charge < -0.3 is 11.1 Å². The lowest BCUT2D eigenvalue weighted by Crippen LogP contribution is -2.49. The maximum Gasteiger partial charge on any atom is 0.220 e. The first-order valence-corrected chi connectivity index (χ1v) is 7.63. The van der Waals surface area contributed by atoms with Crippen molar-refractivity contribution < 1.29 is 4.79 Å². The van der Waals surface area contributed by atoms with E-state index in [-0.39, 0.29) is 11.8 Å². The van der Waals surface area contributed by atoms with E-state index >= 15 is 0 Å². The van der Waals surface area contributed by atoms with Crippen molar-refractivity contribution in [3.05, 3.63) is 0 Å². The second kappa shape index (κ2) is 6.05. The maximum absolute atomic E-state index is 11.2. The van der Waals surface area contributed by atoms with Gasteiger partial charge in [0, 0.05) is 18.0 Å². The highest BCUT2D eigenvalue weighted by atomic mass is 16.1. The van der Waals surface area contributed by atoms with Gasteiger partial charge in [0.15, 0.2) is 0 Å². The summed E-state index contributed by atoms with van der Waals surface area (Å²) in [6.07, 6.45) is 8.28. The quantitative estimate of drug-likeness (QED) is 0.810. The molecule has 0 aliphatic heterocycles. The van der Waals surface area contributed by atoms with Crippen molar-refractivity contribution in [2.24, 2.45) is 23.5 Å². The van der Waals surface area contributed by atoms with Crippen molar-refractivity contribution in [1.29, 1.82) is 0 Å². The molecule has 0 saturated heterocycles. The van der Waals surface area contributed by atoms with Gasteiger partial charge in [-0.2, -0.15) is 0 Å². The third kappa shape index (κ3) is 3.25. The minimum Gasteiger partial charge on any atom is -0.369 e. The molecule has 2 aliphatic carbocycles.